The van der Waals surface area contributed by atoms with Crippen molar-refractivity contribution in [1.29, 1.82) is 0 Å². The van der Waals surface area contributed by atoms with E-state index in [0.29, 0.717) is 41.5 Å². The van der Waals surface area contributed by atoms with Crippen molar-refractivity contribution in [2.45, 2.75) is 18.0 Å². The smallest absolute Gasteiger partial charge is 0.252 e. The zero-order chi connectivity index (χ0) is 24.4. The molecule has 1 aromatic heterocycles. The molecule has 0 saturated carbocycles. The monoisotopic (exact) mass is 492 g/mol. The molecule has 0 saturated heterocycles. The number of hydrogen-bond donors (Lipinski definition) is 1. The molecule has 3 aromatic carbocycles. The minimum absolute atomic E-state index is 0.0663. The second-order valence-corrected chi connectivity index (χ2v) is 10.1. The Kier molecular flexibility index (Phi) is 6.19. The lowest BCUT2D eigenvalue weighted by Crippen LogP contribution is -2.32. The first kappa shape index (κ1) is 22.9. The van der Waals surface area contributed by atoms with Crippen molar-refractivity contribution < 1.29 is 22.6 Å². The molecule has 5 rings (SSSR count). The number of nitrogens with one attached hydrogen (secondary N) is 1. The Labute approximate surface area is 202 Å². The van der Waals surface area contributed by atoms with Crippen molar-refractivity contribution in [3.05, 3.63) is 94.3 Å². The number of H-pyrrole nitrogens is 1. The van der Waals surface area contributed by atoms with Gasteiger partial charge in [0.25, 0.3) is 5.56 Å². The minimum atomic E-state index is -3.99. The molecule has 9 heteroatoms. The van der Waals surface area contributed by atoms with Crippen molar-refractivity contribution in [2.24, 2.45) is 0 Å². The molecule has 0 aliphatic carbocycles. The van der Waals surface area contributed by atoms with Crippen LogP contribution in [0.4, 0.5) is 0 Å². The Balaban J connectivity index is 1.56. The van der Waals surface area contributed by atoms with Crippen LogP contribution in [0.15, 0.2) is 82.5 Å². The zero-order valence-electron chi connectivity index (χ0n) is 19.1. The van der Waals surface area contributed by atoms with Crippen molar-refractivity contribution in [3.8, 4) is 17.2 Å². The van der Waals surface area contributed by atoms with E-state index in [9.17, 15) is 13.2 Å². The van der Waals surface area contributed by atoms with Gasteiger partial charge in [0.2, 0.25) is 10.0 Å². The molecule has 2 heterocycles. The summed E-state index contributed by atoms with van der Waals surface area (Å²) < 4.78 is 45.3. The first-order chi connectivity index (χ1) is 16.9. The van der Waals surface area contributed by atoms with Crippen molar-refractivity contribution in [3.63, 3.8) is 0 Å². The number of benzene rings is 3. The fraction of sp³-hybridized carbons (Fsp3) is 0.192. The van der Waals surface area contributed by atoms with Gasteiger partial charge >= 0.3 is 0 Å². The lowest BCUT2D eigenvalue weighted by atomic mass is 10.1. The number of fused-ring (bicyclic) bond motifs is 2. The highest BCUT2D eigenvalue weighted by Gasteiger charge is 2.28. The Bertz CT molecular complexity index is 1530. The number of aromatic nitrogens is 1. The number of rotatable bonds is 7. The number of sulfonamides is 1. The largest absolute Gasteiger partial charge is 0.497 e. The van der Waals surface area contributed by atoms with Crippen LogP contribution in [-0.4, -0.2) is 38.0 Å². The zero-order valence-corrected chi connectivity index (χ0v) is 19.9. The van der Waals surface area contributed by atoms with E-state index in [1.165, 1.54) is 16.4 Å². The molecule has 0 spiro atoms. The molecule has 0 fully saturated rings. The second kappa shape index (κ2) is 9.44. The summed E-state index contributed by atoms with van der Waals surface area (Å²) in [6.07, 6.45) is 0. The SMILES string of the molecule is COc1ccc2[nH]c(=O)c(CN(Cc3ccccc3)S(=O)(=O)c3ccc4c(c3)OCCO4)cc2c1. The van der Waals surface area contributed by atoms with Crippen LogP contribution in [0, 0.1) is 0 Å². The van der Waals surface area contributed by atoms with Crippen LogP contribution in [0.25, 0.3) is 10.9 Å². The molecule has 0 radical (unpaired) electrons. The van der Waals surface area contributed by atoms with E-state index < -0.39 is 10.0 Å². The summed E-state index contributed by atoms with van der Waals surface area (Å²) in [7, 11) is -2.43. The lowest BCUT2D eigenvalue weighted by Gasteiger charge is -2.24. The molecule has 0 amide bonds. The third kappa shape index (κ3) is 4.73. The Morgan fingerprint density at radius 3 is 2.46 bits per heavy atom. The van der Waals surface area contributed by atoms with Crippen LogP contribution in [0.5, 0.6) is 17.2 Å². The highest BCUT2D eigenvalue weighted by atomic mass is 32.2. The van der Waals surface area contributed by atoms with Crippen molar-refractivity contribution in [1.82, 2.24) is 9.29 Å². The first-order valence-corrected chi connectivity index (χ1v) is 12.5. The molecular weight excluding hydrogens is 468 g/mol. The maximum absolute atomic E-state index is 13.8. The summed E-state index contributed by atoms with van der Waals surface area (Å²) in [5.41, 5.74) is 1.41. The summed E-state index contributed by atoms with van der Waals surface area (Å²) in [6.45, 7) is 0.732. The summed E-state index contributed by atoms with van der Waals surface area (Å²) in [5.74, 6) is 1.53. The Morgan fingerprint density at radius 2 is 1.69 bits per heavy atom. The number of pyridine rings is 1. The number of nitrogens with zero attached hydrogens (tertiary/aromatic N) is 1. The summed E-state index contributed by atoms with van der Waals surface area (Å²) in [6, 6.07) is 20.8. The van der Waals surface area contributed by atoms with Gasteiger partial charge in [0.05, 0.1) is 12.0 Å². The fourth-order valence-corrected chi connectivity index (χ4v) is 5.43. The molecule has 1 aliphatic rings. The summed E-state index contributed by atoms with van der Waals surface area (Å²) in [5, 5.41) is 0.746. The van der Waals surface area contributed by atoms with Crippen LogP contribution in [0.2, 0.25) is 0 Å². The molecular formula is C26H24N2O6S. The highest BCUT2D eigenvalue weighted by molar-refractivity contribution is 7.89. The van der Waals surface area contributed by atoms with E-state index in [1.807, 2.05) is 30.3 Å². The van der Waals surface area contributed by atoms with Gasteiger partial charge in [-0.3, -0.25) is 4.79 Å². The maximum Gasteiger partial charge on any atom is 0.252 e. The van der Waals surface area contributed by atoms with Crippen LogP contribution in [-0.2, 0) is 23.1 Å². The molecule has 4 aromatic rings. The third-order valence-corrected chi connectivity index (χ3v) is 7.62. The normalized spacial score (nSPS) is 13.2. The Morgan fingerprint density at radius 1 is 0.914 bits per heavy atom. The quantitative estimate of drug-likeness (QED) is 0.423. The van der Waals surface area contributed by atoms with Gasteiger partial charge in [0.1, 0.15) is 19.0 Å². The molecule has 180 valence electrons. The summed E-state index contributed by atoms with van der Waals surface area (Å²) >= 11 is 0. The van der Waals surface area contributed by atoms with Gasteiger partial charge in [0.15, 0.2) is 11.5 Å². The minimum Gasteiger partial charge on any atom is -0.497 e. The Hall–Kier alpha value is -3.82. The van der Waals surface area contributed by atoms with E-state index in [4.69, 9.17) is 14.2 Å². The van der Waals surface area contributed by atoms with E-state index in [0.717, 1.165) is 10.9 Å². The fourth-order valence-electron chi connectivity index (χ4n) is 4.01. The third-order valence-electron chi connectivity index (χ3n) is 5.83. The topological polar surface area (TPSA) is 97.9 Å². The van der Waals surface area contributed by atoms with Gasteiger partial charge in [-0.1, -0.05) is 30.3 Å². The number of hydrogen-bond acceptors (Lipinski definition) is 6. The van der Waals surface area contributed by atoms with E-state index in [1.54, 1.807) is 37.4 Å². The van der Waals surface area contributed by atoms with Crippen LogP contribution >= 0.6 is 0 Å². The van der Waals surface area contributed by atoms with Crippen molar-refractivity contribution >= 4 is 20.9 Å². The molecule has 8 nitrogen and oxygen atoms in total. The second-order valence-electron chi connectivity index (χ2n) is 8.14. The van der Waals surface area contributed by atoms with Crippen molar-refractivity contribution in [2.75, 3.05) is 20.3 Å². The average Bonchev–Trinajstić information content (AvgIpc) is 2.88. The molecule has 0 unspecified atom stereocenters. The van der Waals surface area contributed by atoms with E-state index in [2.05, 4.69) is 4.98 Å². The summed E-state index contributed by atoms with van der Waals surface area (Å²) in [4.78, 5) is 15.8. The van der Waals surface area contributed by atoms with Crippen LogP contribution in [0.3, 0.4) is 0 Å². The average molecular weight is 493 g/mol. The molecule has 0 atom stereocenters. The maximum atomic E-state index is 13.8. The van der Waals surface area contributed by atoms with Crippen LogP contribution < -0.4 is 19.8 Å². The predicted octanol–water partition coefficient (Wildman–Crippen LogP) is 3.70. The predicted molar refractivity (Wildman–Crippen MR) is 131 cm³/mol. The van der Waals surface area contributed by atoms with Gasteiger partial charge < -0.3 is 19.2 Å². The van der Waals surface area contributed by atoms with Gasteiger partial charge in [-0.05, 0) is 42.0 Å². The van der Waals surface area contributed by atoms with Gasteiger partial charge in [-0.2, -0.15) is 4.31 Å². The number of ether oxygens (including phenoxy) is 3. The van der Waals surface area contributed by atoms with E-state index >= 15 is 0 Å². The highest BCUT2D eigenvalue weighted by Crippen LogP contribution is 2.34. The molecule has 0 bridgehead atoms. The standard InChI is InChI=1S/C26H24N2O6S/c1-32-21-7-9-23-19(14-21)13-20(26(29)27-23)17-28(16-18-5-3-2-4-6-18)35(30,31)22-8-10-24-25(15-22)34-12-11-33-24/h2-10,13-15H,11-12,16-17H2,1H3,(H,27,29). The first-order valence-electron chi connectivity index (χ1n) is 11.1. The number of methoxy groups -OCH3 is 1. The lowest BCUT2D eigenvalue weighted by molar-refractivity contribution is 0.171. The van der Waals surface area contributed by atoms with Gasteiger partial charge in [-0.25, -0.2) is 8.42 Å². The van der Waals surface area contributed by atoms with Crippen LogP contribution in [0.1, 0.15) is 11.1 Å². The molecule has 1 aliphatic heterocycles. The van der Waals surface area contributed by atoms with E-state index in [-0.39, 0.29) is 23.5 Å². The molecule has 35 heavy (non-hydrogen) atoms. The van der Waals surface area contributed by atoms with Gasteiger partial charge in [-0.15, -0.1) is 0 Å². The number of aromatic amines is 1. The van der Waals surface area contributed by atoms with Gasteiger partial charge in [0, 0.05) is 35.6 Å². The molecule has 1 N–H and O–H groups in total.